The topological polar surface area (TPSA) is 110 Å². The van der Waals surface area contributed by atoms with E-state index >= 15 is 0 Å². The van der Waals surface area contributed by atoms with Gasteiger partial charge in [0.25, 0.3) is 0 Å². The molecule has 0 radical (unpaired) electrons. The normalized spacial score (nSPS) is 35.6. The first-order chi connectivity index (χ1) is 13.8. The Labute approximate surface area is 174 Å². The molecule has 0 aromatic carbocycles. The Morgan fingerprint density at radius 1 is 1.24 bits per heavy atom. The number of β-lactam (4-membered cyclic amide) rings is 1. The van der Waals surface area contributed by atoms with Crippen molar-refractivity contribution < 1.29 is 24.6 Å². The van der Waals surface area contributed by atoms with Crippen molar-refractivity contribution >= 4 is 29.5 Å². The first-order valence-electron chi connectivity index (χ1n) is 10.5. The minimum atomic E-state index is -1.10. The van der Waals surface area contributed by atoms with Crippen LogP contribution >= 0.6 is 11.8 Å². The molecule has 8 nitrogen and oxygen atoms in total. The zero-order valence-corrected chi connectivity index (χ0v) is 17.7. The van der Waals surface area contributed by atoms with Crippen molar-refractivity contribution in [2.24, 2.45) is 17.8 Å². The number of nitrogens with zero attached hydrogens (tertiary/aromatic N) is 2. The number of carboxylic acid groups (broad SMARTS) is 1. The lowest BCUT2D eigenvalue weighted by Gasteiger charge is -2.46. The SMILES string of the molecule is C[C@@H](O)[C@H]1C(=O)N2C(C(=O)O)=C(S[C@@H]3CNC[C@@H](C(=O)N4CCCC4)C3)[C@H](C)[C@H]12. The lowest BCUT2D eigenvalue weighted by Crippen LogP contribution is -2.63. The molecular weight excluding hydrogens is 394 g/mol. The van der Waals surface area contributed by atoms with Crippen molar-refractivity contribution in [3.05, 3.63) is 10.6 Å². The van der Waals surface area contributed by atoms with E-state index in [4.69, 9.17) is 0 Å². The molecule has 0 bridgehead atoms. The van der Waals surface area contributed by atoms with Gasteiger partial charge < -0.3 is 25.3 Å². The molecule has 4 heterocycles. The van der Waals surface area contributed by atoms with Gasteiger partial charge in [0.05, 0.1) is 24.0 Å². The summed E-state index contributed by atoms with van der Waals surface area (Å²) in [5, 5.41) is 23.2. The lowest BCUT2D eigenvalue weighted by atomic mass is 9.79. The van der Waals surface area contributed by atoms with Crippen LogP contribution in [0, 0.1) is 17.8 Å². The molecule has 0 aromatic heterocycles. The van der Waals surface area contributed by atoms with E-state index in [1.807, 2.05) is 11.8 Å². The number of piperidine rings is 1. The summed E-state index contributed by atoms with van der Waals surface area (Å²) in [5.74, 6) is -2.00. The summed E-state index contributed by atoms with van der Waals surface area (Å²) in [6, 6.07) is -0.297. The first kappa shape index (κ1) is 20.7. The second-order valence-electron chi connectivity index (χ2n) is 8.64. The van der Waals surface area contributed by atoms with Gasteiger partial charge in [0.15, 0.2) is 0 Å². The van der Waals surface area contributed by atoms with Gasteiger partial charge in [-0.1, -0.05) is 6.92 Å². The number of aliphatic carboxylic acids is 1. The molecule has 3 N–H and O–H groups in total. The predicted molar refractivity (Wildman–Crippen MR) is 108 cm³/mol. The van der Waals surface area contributed by atoms with Crippen LogP contribution in [0.3, 0.4) is 0 Å². The molecule has 4 aliphatic heterocycles. The highest BCUT2D eigenvalue weighted by molar-refractivity contribution is 8.03. The third kappa shape index (κ3) is 3.47. The minimum Gasteiger partial charge on any atom is -0.477 e. The number of fused-ring (bicyclic) bond motifs is 1. The molecule has 4 aliphatic rings. The highest BCUT2D eigenvalue weighted by Gasteiger charge is 2.60. The number of thioether (sulfide) groups is 1. The average Bonchev–Trinajstić information content (AvgIpc) is 3.28. The van der Waals surface area contributed by atoms with Gasteiger partial charge in [-0.2, -0.15) is 0 Å². The van der Waals surface area contributed by atoms with Crippen molar-refractivity contribution in [1.82, 2.24) is 15.1 Å². The Kier molecular flexibility index (Phi) is 5.65. The van der Waals surface area contributed by atoms with Crippen LogP contribution in [-0.4, -0.2) is 81.4 Å². The van der Waals surface area contributed by atoms with Crippen LogP contribution in [0.1, 0.15) is 33.1 Å². The number of carbonyl (C=O) groups excluding carboxylic acids is 2. The third-order valence-electron chi connectivity index (χ3n) is 6.68. The van der Waals surface area contributed by atoms with E-state index in [9.17, 15) is 24.6 Å². The Balaban J connectivity index is 1.49. The van der Waals surface area contributed by atoms with Gasteiger partial charge in [-0.25, -0.2) is 4.79 Å². The predicted octanol–water partition coefficient (Wildman–Crippen LogP) is 0.474. The summed E-state index contributed by atoms with van der Waals surface area (Å²) in [6.07, 6.45) is 2.02. The third-order valence-corrected chi connectivity index (χ3v) is 8.19. The lowest BCUT2D eigenvalue weighted by molar-refractivity contribution is -0.163. The monoisotopic (exact) mass is 423 g/mol. The van der Waals surface area contributed by atoms with Crippen LogP contribution in [-0.2, 0) is 14.4 Å². The molecule has 6 atom stereocenters. The van der Waals surface area contributed by atoms with E-state index in [1.165, 1.54) is 16.7 Å². The molecule has 0 aromatic rings. The maximum atomic E-state index is 12.8. The summed E-state index contributed by atoms with van der Waals surface area (Å²) in [7, 11) is 0. The molecule has 29 heavy (non-hydrogen) atoms. The second kappa shape index (κ2) is 7.92. The number of carbonyl (C=O) groups is 3. The van der Waals surface area contributed by atoms with Crippen LogP contribution in [0.5, 0.6) is 0 Å². The van der Waals surface area contributed by atoms with Crippen molar-refractivity contribution in [2.45, 2.75) is 50.5 Å². The smallest absolute Gasteiger partial charge is 0.353 e. The molecule has 0 unspecified atom stereocenters. The Hall–Kier alpha value is -1.58. The van der Waals surface area contributed by atoms with Crippen LogP contribution < -0.4 is 5.32 Å². The zero-order chi connectivity index (χ0) is 20.9. The zero-order valence-electron chi connectivity index (χ0n) is 16.8. The van der Waals surface area contributed by atoms with Crippen molar-refractivity contribution in [3.63, 3.8) is 0 Å². The van der Waals surface area contributed by atoms with E-state index in [-0.39, 0.29) is 40.6 Å². The molecular formula is C20H29N3O5S. The molecule has 2 amide bonds. The number of hydrogen-bond acceptors (Lipinski definition) is 6. The first-order valence-corrected chi connectivity index (χ1v) is 11.3. The van der Waals surface area contributed by atoms with Crippen LogP contribution in [0.25, 0.3) is 0 Å². The van der Waals surface area contributed by atoms with Crippen molar-refractivity contribution in [1.29, 1.82) is 0 Å². The average molecular weight is 424 g/mol. The number of nitrogens with one attached hydrogen (secondary N) is 1. The Morgan fingerprint density at radius 3 is 2.55 bits per heavy atom. The van der Waals surface area contributed by atoms with E-state index in [0.717, 1.165) is 25.9 Å². The minimum absolute atomic E-state index is 0.0578. The van der Waals surface area contributed by atoms with E-state index in [2.05, 4.69) is 5.32 Å². The standard InChI is InChI=1S/C20H29N3O5S/c1-10-15-14(11(2)24)19(26)23(15)16(20(27)28)17(10)29-13-7-12(8-21-9-13)18(25)22-5-3-4-6-22/h10-15,21,24H,3-9H2,1-2H3,(H,27,28)/t10-,11-,12+,13+,14-,15-/m1/s1. The second-order valence-corrected chi connectivity index (χ2v) is 9.98. The number of carboxylic acids is 1. The molecule has 4 rings (SSSR count). The fourth-order valence-electron chi connectivity index (χ4n) is 5.23. The van der Waals surface area contributed by atoms with E-state index in [0.29, 0.717) is 24.4 Å². The molecule has 0 aliphatic carbocycles. The van der Waals surface area contributed by atoms with Crippen molar-refractivity contribution in [2.75, 3.05) is 26.2 Å². The van der Waals surface area contributed by atoms with E-state index in [1.54, 1.807) is 6.92 Å². The highest BCUT2D eigenvalue weighted by Crippen LogP contribution is 2.51. The van der Waals surface area contributed by atoms with Gasteiger partial charge in [0, 0.05) is 42.3 Å². The maximum absolute atomic E-state index is 12.8. The molecule has 0 saturated carbocycles. The van der Waals surface area contributed by atoms with Gasteiger partial charge >= 0.3 is 5.97 Å². The summed E-state index contributed by atoms with van der Waals surface area (Å²) < 4.78 is 0. The van der Waals surface area contributed by atoms with Gasteiger partial charge in [0.1, 0.15) is 5.70 Å². The number of aliphatic hydroxyl groups excluding tert-OH is 1. The molecule has 9 heteroatoms. The van der Waals surface area contributed by atoms with E-state index < -0.39 is 18.0 Å². The van der Waals surface area contributed by atoms with Gasteiger partial charge in [-0.05, 0) is 26.2 Å². The number of rotatable bonds is 5. The van der Waals surface area contributed by atoms with Gasteiger partial charge in [0.2, 0.25) is 11.8 Å². The van der Waals surface area contributed by atoms with Gasteiger partial charge in [-0.15, -0.1) is 11.8 Å². The molecule has 0 spiro atoms. The fraction of sp³-hybridized carbons (Fsp3) is 0.750. The number of likely N-dealkylation sites (tertiary alicyclic amines) is 1. The number of amides is 2. The molecule has 3 fully saturated rings. The summed E-state index contributed by atoms with van der Waals surface area (Å²) in [5.41, 5.74) is 0.0578. The highest BCUT2D eigenvalue weighted by atomic mass is 32.2. The summed E-state index contributed by atoms with van der Waals surface area (Å²) in [6.45, 7) is 6.54. The van der Waals surface area contributed by atoms with Crippen LogP contribution in [0.4, 0.5) is 0 Å². The fourth-order valence-corrected chi connectivity index (χ4v) is 6.77. The van der Waals surface area contributed by atoms with Crippen LogP contribution in [0.15, 0.2) is 10.6 Å². The molecule has 160 valence electrons. The Bertz CT molecular complexity index is 748. The number of hydrogen-bond donors (Lipinski definition) is 3. The summed E-state index contributed by atoms with van der Waals surface area (Å²) in [4.78, 5) is 41.2. The van der Waals surface area contributed by atoms with Crippen LogP contribution in [0.2, 0.25) is 0 Å². The van der Waals surface area contributed by atoms with Crippen molar-refractivity contribution in [3.8, 4) is 0 Å². The largest absolute Gasteiger partial charge is 0.477 e. The summed E-state index contributed by atoms with van der Waals surface area (Å²) >= 11 is 1.49. The maximum Gasteiger partial charge on any atom is 0.353 e. The Morgan fingerprint density at radius 2 is 1.93 bits per heavy atom. The van der Waals surface area contributed by atoms with Gasteiger partial charge in [-0.3, -0.25) is 9.59 Å². The number of aliphatic hydroxyl groups is 1. The molecule has 3 saturated heterocycles. The quantitative estimate of drug-likeness (QED) is 0.552.